The van der Waals surface area contributed by atoms with Crippen molar-refractivity contribution in [3.8, 4) is 0 Å². The number of pyridine rings is 1. The predicted octanol–water partition coefficient (Wildman–Crippen LogP) is 1.97. The molecule has 0 spiro atoms. The molecule has 0 aliphatic heterocycles. The van der Waals surface area contributed by atoms with E-state index in [1.54, 1.807) is 12.1 Å². The van der Waals surface area contributed by atoms with Crippen LogP contribution in [0, 0.1) is 12.7 Å². The molecule has 0 aliphatic rings. The van der Waals surface area contributed by atoms with Gasteiger partial charge in [-0.1, -0.05) is 0 Å². The zero-order valence-corrected chi connectivity index (χ0v) is 7.71. The highest BCUT2D eigenvalue weighted by molar-refractivity contribution is 5.82. The minimum absolute atomic E-state index is 0.272. The van der Waals surface area contributed by atoms with Gasteiger partial charge >= 0.3 is 0 Å². The van der Waals surface area contributed by atoms with Crippen LogP contribution in [0.1, 0.15) is 5.69 Å². The van der Waals surface area contributed by atoms with Gasteiger partial charge in [0.2, 0.25) is 0 Å². The van der Waals surface area contributed by atoms with Crippen LogP contribution in [0.4, 0.5) is 10.1 Å². The van der Waals surface area contributed by atoms with Crippen molar-refractivity contribution in [1.29, 1.82) is 0 Å². The molecule has 1 heterocycles. The van der Waals surface area contributed by atoms with E-state index >= 15 is 0 Å². The van der Waals surface area contributed by atoms with Crippen LogP contribution in [0.25, 0.3) is 10.9 Å². The van der Waals surface area contributed by atoms with Crippen LogP contribution in [0.5, 0.6) is 0 Å². The molecule has 0 fully saturated rings. The molecule has 0 bridgehead atoms. The number of nitrogen functional groups attached to an aromatic ring is 1. The SMILES string of the molecule is Cc1nc2ccc(F)cc2cc1NN. The Morgan fingerprint density at radius 2 is 2.14 bits per heavy atom. The number of halogens is 1. The van der Waals surface area contributed by atoms with Gasteiger partial charge in [-0.15, -0.1) is 0 Å². The Hall–Kier alpha value is -1.68. The molecular formula is C10H10FN3. The molecule has 14 heavy (non-hydrogen) atoms. The molecule has 2 aromatic rings. The smallest absolute Gasteiger partial charge is 0.123 e. The van der Waals surface area contributed by atoms with Crippen LogP contribution in [0.3, 0.4) is 0 Å². The summed E-state index contributed by atoms with van der Waals surface area (Å²) in [6, 6.07) is 6.26. The average Bonchev–Trinajstić information content (AvgIpc) is 2.17. The molecule has 0 amide bonds. The molecule has 1 aromatic carbocycles. The van der Waals surface area contributed by atoms with Crippen molar-refractivity contribution < 1.29 is 4.39 Å². The second kappa shape index (κ2) is 3.23. The van der Waals surface area contributed by atoms with Crippen molar-refractivity contribution >= 4 is 16.6 Å². The van der Waals surface area contributed by atoms with Crippen molar-refractivity contribution in [2.45, 2.75) is 6.92 Å². The number of fused-ring (bicyclic) bond motifs is 1. The Balaban J connectivity index is 2.73. The van der Waals surface area contributed by atoms with Gasteiger partial charge in [0.05, 0.1) is 16.9 Å². The normalized spacial score (nSPS) is 10.5. The summed E-state index contributed by atoms with van der Waals surface area (Å²) in [5.41, 5.74) is 4.80. The molecule has 0 radical (unpaired) electrons. The summed E-state index contributed by atoms with van der Waals surface area (Å²) in [5, 5.41) is 0.739. The average molecular weight is 191 g/mol. The summed E-state index contributed by atoms with van der Waals surface area (Å²) in [6.45, 7) is 1.85. The number of aryl methyl sites for hydroxylation is 1. The van der Waals surface area contributed by atoms with E-state index in [1.807, 2.05) is 6.92 Å². The first-order valence-electron chi connectivity index (χ1n) is 4.24. The molecule has 0 saturated carbocycles. The lowest BCUT2D eigenvalue weighted by Crippen LogP contribution is -2.08. The molecule has 1 aromatic heterocycles. The lowest BCUT2D eigenvalue weighted by molar-refractivity contribution is 0.629. The Morgan fingerprint density at radius 1 is 1.36 bits per heavy atom. The molecule has 72 valence electrons. The topological polar surface area (TPSA) is 50.9 Å². The van der Waals surface area contributed by atoms with Gasteiger partial charge in [-0.2, -0.15) is 0 Å². The second-order valence-electron chi connectivity index (χ2n) is 3.10. The van der Waals surface area contributed by atoms with Crippen molar-refractivity contribution in [2.75, 3.05) is 5.43 Å². The van der Waals surface area contributed by atoms with Gasteiger partial charge in [0, 0.05) is 5.39 Å². The summed E-state index contributed by atoms with van der Waals surface area (Å²) >= 11 is 0. The number of hydrogen-bond donors (Lipinski definition) is 2. The van der Waals surface area contributed by atoms with Crippen molar-refractivity contribution in [3.05, 3.63) is 35.8 Å². The highest BCUT2D eigenvalue weighted by atomic mass is 19.1. The highest BCUT2D eigenvalue weighted by Gasteiger charge is 2.02. The first kappa shape index (κ1) is 8.90. The minimum Gasteiger partial charge on any atom is -0.322 e. The van der Waals surface area contributed by atoms with E-state index < -0.39 is 0 Å². The third kappa shape index (κ3) is 1.40. The fraction of sp³-hybridized carbons (Fsp3) is 0.100. The van der Waals surface area contributed by atoms with Gasteiger partial charge in [-0.05, 0) is 31.2 Å². The quantitative estimate of drug-likeness (QED) is 0.535. The summed E-state index contributed by atoms with van der Waals surface area (Å²) in [6.07, 6.45) is 0. The highest BCUT2D eigenvalue weighted by Crippen LogP contribution is 2.20. The van der Waals surface area contributed by atoms with E-state index in [1.165, 1.54) is 12.1 Å². The first-order valence-corrected chi connectivity index (χ1v) is 4.24. The molecule has 0 atom stereocenters. The number of hydrazine groups is 1. The third-order valence-corrected chi connectivity index (χ3v) is 2.12. The van der Waals surface area contributed by atoms with Crippen LogP contribution < -0.4 is 11.3 Å². The molecule has 3 N–H and O–H groups in total. The molecule has 0 saturated heterocycles. The van der Waals surface area contributed by atoms with E-state index in [2.05, 4.69) is 10.4 Å². The number of rotatable bonds is 1. The van der Waals surface area contributed by atoms with Gasteiger partial charge < -0.3 is 5.43 Å². The van der Waals surface area contributed by atoms with E-state index in [9.17, 15) is 4.39 Å². The Kier molecular flexibility index (Phi) is 2.05. The second-order valence-corrected chi connectivity index (χ2v) is 3.10. The summed E-state index contributed by atoms with van der Waals surface area (Å²) < 4.78 is 12.9. The monoisotopic (exact) mass is 191 g/mol. The van der Waals surface area contributed by atoms with Crippen molar-refractivity contribution in [2.24, 2.45) is 5.84 Å². The van der Waals surface area contributed by atoms with Gasteiger partial charge in [0.25, 0.3) is 0 Å². The fourth-order valence-corrected chi connectivity index (χ4v) is 1.39. The third-order valence-electron chi connectivity index (χ3n) is 2.12. The number of hydrogen-bond acceptors (Lipinski definition) is 3. The van der Waals surface area contributed by atoms with E-state index in [0.717, 1.165) is 16.6 Å². The Labute approximate surface area is 80.7 Å². The van der Waals surface area contributed by atoms with Crippen LogP contribution in [0.15, 0.2) is 24.3 Å². The fourth-order valence-electron chi connectivity index (χ4n) is 1.39. The molecular weight excluding hydrogens is 181 g/mol. The van der Waals surface area contributed by atoms with Crippen LogP contribution in [-0.2, 0) is 0 Å². The van der Waals surface area contributed by atoms with Crippen LogP contribution >= 0.6 is 0 Å². The Morgan fingerprint density at radius 3 is 2.86 bits per heavy atom. The maximum atomic E-state index is 12.9. The maximum absolute atomic E-state index is 12.9. The number of anilines is 1. The van der Waals surface area contributed by atoms with Gasteiger partial charge in [0.15, 0.2) is 0 Å². The van der Waals surface area contributed by atoms with Crippen molar-refractivity contribution in [1.82, 2.24) is 4.98 Å². The number of nitrogens with two attached hydrogens (primary N) is 1. The lowest BCUT2D eigenvalue weighted by atomic mass is 10.2. The van der Waals surface area contributed by atoms with E-state index in [-0.39, 0.29) is 5.82 Å². The number of nitrogens with zero attached hydrogens (tertiary/aromatic N) is 1. The largest absolute Gasteiger partial charge is 0.322 e. The zero-order chi connectivity index (χ0) is 10.1. The first-order chi connectivity index (χ1) is 6.70. The van der Waals surface area contributed by atoms with Gasteiger partial charge in [-0.3, -0.25) is 10.8 Å². The summed E-state index contributed by atoms with van der Waals surface area (Å²) in [7, 11) is 0. The van der Waals surface area contributed by atoms with E-state index in [0.29, 0.717) is 5.69 Å². The number of aromatic nitrogens is 1. The Bertz CT molecular complexity index is 482. The molecule has 2 rings (SSSR count). The standard InChI is InChI=1S/C10H10FN3/c1-6-10(14-12)5-7-4-8(11)2-3-9(7)13-6/h2-5,14H,12H2,1H3. The zero-order valence-electron chi connectivity index (χ0n) is 7.71. The van der Waals surface area contributed by atoms with Crippen molar-refractivity contribution in [3.63, 3.8) is 0 Å². The summed E-state index contributed by atoms with van der Waals surface area (Å²) in [4.78, 5) is 4.28. The minimum atomic E-state index is -0.272. The maximum Gasteiger partial charge on any atom is 0.123 e. The molecule has 0 aliphatic carbocycles. The van der Waals surface area contributed by atoms with E-state index in [4.69, 9.17) is 5.84 Å². The molecule has 4 heteroatoms. The summed E-state index contributed by atoms with van der Waals surface area (Å²) in [5.74, 6) is 5.02. The molecule has 0 unspecified atom stereocenters. The van der Waals surface area contributed by atoms with Crippen LogP contribution in [0.2, 0.25) is 0 Å². The molecule has 3 nitrogen and oxygen atoms in total. The van der Waals surface area contributed by atoms with Gasteiger partial charge in [0.1, 0.15) is 5.82 Å². The lowest BCUT2D eigenvalue weighted by Gasteiger charge is -2.05. The van der Waals surface area contributed by atoms with Crippen LogP contribution in [-0.4, -0.2) is 4.98 Å². The number of benzene rings is 1. The number of nitrogens with one attached hydrogen (secondary N) is 1. The van der Waals surface area contributed by atoms with Gasteiger partial charge in [-0.25, -0.2) is 4.39 Å². The predicted molar refractivity (Wildman–Crippen MR) is 54.2 cm³/mol.